The highest BCUT2D eigenvalue weighted by atomic mass is 16.5. The second-order valence-corrected chi connectivity index (χ2v) is 4.04. The summed E-state index contributed by atoms with van der Waals surface area (Å²) >= 11 is 0. The molecule has 0 aromatic heterocycles. The molecule has 0 aliphatic carbocycles. The first-order valence-corrected chi connectivity index (χ1v) is 6.57. The third kappa shape index (κ3) is 11.3. The molecule has 0 aromatic carbocycles. The number of unbranched alkanes of at least 4 members (excludes halogenated alkanes) is 2. The number of rotatable bonds is 10. The fourth-order valence-corrected chi connectivity index (χ4v) is 1.23. The van der Waals surface area contributed by atoms with Gasteiger partial charge in [0.05, 0.1) is 12.5 Å². The topological polar surface area (TPSA) is 30.5 Å². The van der Waals surface area contributed by atoms with Gasteiger partial charge in [0, 0.05) is 0 Å². The molecule has 0 rings (SSSR count). The van der Waals surface area contributed by atoms with E-state index in [4.69, 9.17) is 9.47 Å². The molecule has 0 bridgehead atoms. The van der Waals surface area contributed by atoms with Gasteiger partial charge in [-0.25, -0.2) is 5.32 Å². The molecule has 2 unspecified atom stereocenters. The van der Waals surface area contributed by atoms with Crippen LogP contribution < -0.4 is 5.32 Å². The predicted octanol–water partition coefficient (Wildman–Crippen LogP) is 3.93. The lowest BCUT2D eigenvalue weighted by atomic mass is 10.3. The Balaban J connectivity index is 3.61. The molecule has 3 heteroatoms. The van der Waals surface area contributed by atoms with Crippen LogP contribution in [0.1, 0.15) is 53.4 Å². The lowest BCUT2D eigenvalue weighted by Gasteiger charge is -2.19. The molecule has 100 valence electrons. The van der Waals surface area contributed by atoms with E-state index in [2.05, 4.69) is 19.2 Å². The van der Waals surface area contributed by atoms with Crippen molar-refractivity contribution in [3.63, 3.8) is 0 Å². The Morgan fingerprint density at radius 1 is 0.882 bits per heavy atom. The van der Waals surface area contributed by atoms with Crippen molar-refractivity contribution in [1.29, 1.82) is 0 Å². The zero-order valence-electron chi connectivity index (χ0n) is 11.6. The van der Waals surface area contributed by atoms with E-state index in [9.17, 15) is 0 Å². The fourth-order valence-electron chi connectivity index (χ4n) is 1.23. The summed E-state index contributed by atoms with van der Waals surface area (Å²) in [4.78, 5) is 0. The van der Waals surface area contributed by atoms with Crippen molar-refractivity contribution in [2.75, 3.05) is 0 Å². The summed E-state index contributed by atoms with van der Waals surface area (Å²) in [6.07, 6.45) is 11.9. The normalized spacial score (nSPS) is 15.3. The Labute approximate surface area is 106 Å². The second-order valence-electron chi connectivity index (χ2n) is 4.04. The summed E-state index contributed by atoms with van der Waals surface area (Å²) < 4.78 is 10.9. The molecule has 2 atom stereocenters. The van der Waals surface area contributed by atoms with Crippen LogP contribution in [0.4, 0.5) is 0 Å². The molecule has 1 N–H and O–H groups in total. The van der Waals surface area contributed by atoms with Crippen molar-refractivity contribution >= 4 is 0 Å². The number of allylic oxidation sites excluding steroid dienone is 2. The fraction of sp³-hybridized carbons (Fsp3) is 0.714. The van der Waals surface area contributed by atoms with E-state index in [0.717, 1.165) is 25.7 Å². The van der Waals surface area contributed by atoms with Gasteiger partial charge in [0.2, 0.25) is 0 Å². The maximum absolute atomic E-state index is 5.45. The van der Waals surface area contributed by atoms with Crippen molar-refractivity contribution in [2.45, 2.75) is 65.8 Å². The first-order valence-electron chi connectivity index (χ1n) is 6.57. The predicted molar refractivity (Wildman–Crippen MR) is 72.3 cm³/mol. The summed E-state index contributed by atoms with van der Waals surface area (Å²) in [5, 5.41) is 3.19. The standard InChI is InChI=1S/C14H27NO2/c1-5-7-9-11-16-13(3)15-14(4)17-12-10-8-6-2/h9-15H,5-8H2,1-4H3. The maximum Gasteiger partial charge on any atom is 0.149 e. The molecule has 0 fully saturated rings. The molecule has 0 aromatic rings. The molecule has 0 amide bonds. The molecule has 0 radical (unpaired) electrons. The SMILES string of the molecule is CCCC=COC(C)NC(C)OC=CCCC. The van der Waals surface area contributed by atoms with Crippen LogP contribution in [0.2, 0.25) is 0 Å². The summed E-state index contributed by atoms with van der Waals surface area (Å²) in [6.45, 7) is 8.22. The molecular formula is C14H27NO2. The minimum absolute atomic E-state index is 0.0438. The van der Waals surface area contributed by atoms with Gasteiger partial charge in [0.1, 0.15) is 12.5 Å². The molecule has 0 aliphatic rings. The summed E-state index contributed by atoms with van der Waals surface area (Å²) in [5.41, 5.74) is 0. The summed E-state index contributed by atoms with van der Waals surface area (Å²) in [7, 11) is 0. The van der Waals surface area contributed by atoms with Crippen LogP contribution in [0.15, 0.2) is 24.7 Å². The van der Waals surface area contributed by atoms with Crippen molar-refractivity contribution in [3.05, 3.63) is 24.7 Å². The minimum Gasteiger partial charge on any atom is -0.483 e. The molecule has 3 nitrogen and oxygen atoms in total. The van der Waals surface area contributed by atoms with Crippen molar-refractivity contribution < 1.29 is 9.47 Å². The van der Waals surface area contributed by atoms with Crippen LogP contribution in [0.3, 0.4) is 0 Å². The van der Waals surface area contributed by atoms with E-state index >= 15 is 0 Å². The van der Waals surface area contributed by atoms with E-state index in [1.807, 2.05) is 26.0 Å². The number of nitrogens with one attached hydrogen (secondary N) is 1. The lowest BCUT2D eigenvalue weighted by molar-refractivity contribution is 0.0413. The third-order valence-electron chi connectivity index (χ3n) is 2.14. The smallest absolute Gasteiger partial charge is 0.149 e. The number of hydrogen-bond acceptors (Lipinski definition) is 3. The zero-order chi connectivity index (χ0) is 12.9. The van der Waals surface area contributed by atoms with Crippen LogP contribution in [-0.4, -0.2) is 12.5 Å². The number of hydrogen-bond donors (Lipinski definition) is 1. The first kappa shape index (κ1) is 16.0. The van der Waals surface area contributed by atoms with Crippen LogP contribution >= 0.6 is 0 Å². The van der Waals surface area contributed by atoms with Gasteiger partial charge in [-0.05, 0) is 38.8 Å². The Morgan fingerprint density at radius 3 is 1.65 bits per heavy atom. The van der Waals surface area contributed by atoms with Crippen LogP contribution in [0.5, 0.6) is 0 Å². The Kier molecular flexibility index (Phi) is 10.9. The number of ether oxygens (including phenoxy) is 2. The average Bonchev–Trinajstić information content (AvgIpc) is 2.30. The molecule has 0 saturated carbocycles. The summed E-state index contributed by atoms with van der Waals surface area (Å²) in [6, 6.07) is 0. The lowest BCUT2D eigenvalue weighted by Crippen LogP contribution is -2.36. The van der Waals surface area contributed by atoms with E-state index in [0.29, 0.717) is 0 Å². The Morgan fingerprint density at radius 2 is 1.29 bits per heavy atom. The third-order valence-corrected chi connectivity index (χ3v) is 2.14. The highest BCUT2D eigenvalue weighted by molar-refractivity contribution is 4.75. The van der Waals surface area contributed by atoms with Crippen LogP contribution in [0.25, 0.3) is 0 Å². The molecule has 0 aliphatic heterocycles. The minimum atomic E-state index is -0.0438. The van der Waals surface area contributed by atoms with E-state index < -0.39 is 0 Å². The van der Waals surface area contributed by atoms with Gasteiger partial charge in [-0.1, -0.05) is 26.7 Å². The van der Waals surface area contributed by atoms with Crippen LogP contribution in [-0.2, 0) is 9.47 Å². The molecule has 0 saturated heterocycles. The molecular weight excluding hydrogens is 214 g/mol. The second kappa shape index (κ2) is 11.5. The van der Waals surface area contributed by atoms with Crippen molar-refractivity contribution in [3.8, 4) is 0 Å². The van der Waals surface area contributed by atoms with Crippen molar-refractivity contribution in [1.82, 2.24) is 5.32 Å². The van der Waals surface area contributed by atoms with Crippen molar-refractivity contribution in [2.24, 2.45) is 0 Å². The molecule has 0 heterocycles. The molecule has 0 spiro atoms. The van der Waals surface area contributed by atoms with Gasteiger partial charge in [-0.2, -0.15) is 0 Å². The van der Waals surface area contributed by atoms with Gasteiger partial charge < -0.3 is 9.47 Å². The monoisotopic (exact) mass is 241 g/mol. The van der Waals surface area contributed by atoms with Gasteiger partial charge in [0.15, 0.2) is 0 Å². The highest BCUT2D eigenvalue weighted by Crippen LogP contribution is 1.96. The van der Waals surface area contributed by atoms with E-state index in [1.165, 1.54) is 0 Å². The van der Waals surface area contributed by atoms with Gasteiger partial charge in [-0.3, -0.25) is 0 Å². The quantitative estimate of drug-likeness (QED) is 0.464. The zero-order valence-corrected chi connectivity index (χ0v) is 11.6. The summed E-state index contributed by atoms with van der Waals surface area (Å²) in [5.74, 6) is 0. The Hall–Kier alpha value is -0.960. The highest BCUT2D eigenvalue weighted by Gasteiger charge is 2.05. The van der Waals surface area contributed by atoms with E-state index in [-0.39, 0.29) is 12.5 Å². The maximum atomic E-state index is 5.45. The van der Waals surface area contributed by atoms with Crippen LogP contribution in [0, 0.1) is 0 Å². The molecule has 17 heavy (non-hydrogen) atoms. The Bertz CT molecular complexity index is 192. The van der Waals surface area contributed by atoms with E-state index in [1.54, 1.807) is 12.5 Å². The average molecular weight is 241 g/mol. The van der Waals surface area contributed by atoms with Gasteiger partial charge in [0.25, 0.3) is 0 Å². The van der Waals surface area contributed by atoms with Gasteiger partial charge >= 0.3 is 0 Å². The first-order chi connectivity index (χ1) is 8.20. The van der Waals surface area contributed by atoms with Gasteiger partial charge in [-0.15, -0.1) is 0 Å². The largest absolute Gasteiger partial charge is 0.483 e.